The van der Waals surface area contributed by atoms with Crippen molar-refractivity contribution in [2.75, 3.05) is 18.0 Å². The maximum atomic E-state index is 12.6. The Balaban J connectivity index is 1.95. The summed E-state index contributed by atoms with van der Waals surface area (Å²) in [6.07, 6.45) is 1.18. The van der Waals surface area contributed by atoms with Crippen molar-refractivity contribution < 1.29 is 14.6 Å². The van der Waals surface area contributed by atoms with Crippen LogP contribution in [0.4, 0.5) is 10.6 Å². The maximum Gasteiger partial charge on any atom is 0.410 e. The van der Waals surface area contributed by atoms with Crippen LogP contribution in [-0.2, 0) is 11.3 Å². The Bertz CT molecular complexity index is 884. The first-order valence-electron chi connectivity index (χ1n) is 9.41. The lowest BCUT2D eigenvalue weighted by Crippen LogP contribution is -2.59. The van der Waals surface area contributed by atoms with Crippen molar-refractivity contribution in [2.45, 2.75) is 58.9 Å². The fraction of sp³-hybridized carbons (Fsp3) is 0.550. The number of benzene rings is 1. The normalized spacial score (nSPS) is 20.5. The third-order valence-electron chi connectivity index (χ3n) is 4.86. The minimum absolute atomic E-state index is 0.00680. The number of aromatic nitrogens is 2. The Hall–Kier alpha value is -2.12. The van der Waals surface area contributed by atoms with Crippen LogP contribution in [0.15, 0.2) is 18.5 Å². The molecule has 1 aliphatic rings. The van der Waals surface area contributed by atoms with E-state index in [-0.39, 0.29) is 24.8 Å². The van der Waals surface area contributed by atoms with Gasteiger partial charge in [0.2, 0.25) is 0 Å². The Morgan fingerprint density at radius 3 is 2.61 bits per heavy atom. The number of anilines is 1. The number of piperazine rings is 1. The van der Waals surface area contributed by atoms with Crippen LogP contribution in [0.1, 0.15) is 40.2 Å². The van der Waals surface area contributed by atoms with Gasteiger partial charge in [-0.05, 0) is 46.2 Å². The molecule has 2 heterocycles. The molecule has 7 nitrogen and oxygen atoms in total. The lowest BCUT2D eigenvalue weighted by atomic mass is 10.1. The molecule has 1 aromatic carbocycles. The van der Waals surface area contributed by atoms with Gasteiger partial charge >= 0.3 is 6.09 Å². The van der Waals surface area contributed by atoms with E-state index in [2.05, 4.69) is 14.9 Å². The van der Waals surface area contributed by atoms with E-state index in [0.29, 0.717) is 23.6 Å². The number of carbonyl (C=O) groups excluding carboxylic acids is 1. The summed E-state index contributed by atoms with van der Waals surface area (Å²) in [6, 6.07) is 3.47. The van der Waals surface area contributed by atoms with Gasteiger partial charge < -0.3 is 19.6 Å². The number of halogens is 1. The molecule has 3 rings (SSSR count). The molecule has 1 aliphatic heterocycles. The molecule has 2 atom stereocenters. The third kappa shape index (κ3) is 4.00. The SMILES string of the molecule is C[C@@H]1CN(c2ncnc3c(Cl)ccc(CO)c23)[C@@H](C)CN1C(=O)OC(C)(C)C. The molecule has 0 saturated carbocycles. The molecule has 1 N–H and O–H groups in total. The van der Waals surface area contributed by atoms with Gasteiger partial charge in [0, 0.05) is 30.6 Å². The van der Waals surface area contributed by atoms with Crippen LogP contribution in [0.25, 0.3) is 10.9 Å². The van der Waals surface area contributed by atoms with E-state index in [1.807, 2.05) is 34.6 Å². The van der Waals surface area contributed by atoms with E-state index >= 15 is 0 Å². The standard InChI is InChI=1S/C20H27ClN4O3/c1-12-9-25(19(27)28-20(3,4)5)13(2)8-24(12)18-16-14(10-26)6-7-15(21)17(16)22-11-23-18/h6-7,11-13,26H,8-10H2,1-5H3/t12-,13+/m0/s1. The second-order valence-electron chi connectivity index (χ2n) is 8.27. The molecule has 0 aliphatic carbocycles. The number of nitrogens with zero attached hydrogens (tertiary/aromatic N) is 4. The molecule has 8 heteroatoms. The summed E-state index contributed by atoms with van der Waals surface area (Å²) in [5.41, 5.74) is 0.810. The molecule has 0 unspecified atom stereocenters. The second-order valence-corrected chi connectivity index (χ2v) is 8.68. The predicted octanol–water partition coefficient (Wildman–Crippen LogP) is 3.61. The molecule has 152 valence electrons. The third-order valence-corrected chi connectivity index (χ3v) is 5.17. The number of rotatable bonds is 2. The van der Waals surface area contributed by atoms with Gasteiger partial charge in [0.25, 0.3) is 0 Å². The highest BCUT2D eigenvalue weighted by molar-refractivity contribution is 6.35. The summed E-state index contributed by atoms with van der Waals surface area (Å²) in [6.45, 7) is 10.6. The van der Waals surface area contributed by atoms with Gasteiger partial charge in [0.05, 0.1) is 17.1 Å². The van der Waals surface area contributed by atoms with Crippen molar-refractivity contribution in [3.05, 3.63) is 29.0 Å². The van der Waals surface area contributed by atoms with Crippen molar-refractivity contribution in [2.24, 2.45) is 0 Å². The molecule has 1 fully saturated rings. The number of ether oxygens (including phenoxy) is 1. The zero-order valence-electron chi connectivity index (χ0n) is 16.9. The van der Waals surface area contributed by atoms with Gasteiger partial charge in [-0.2, -0.15) is 0 Å². The highest BCUT2D eigenvalue weighted by Crippen LogP contribution is 2.34. The van der Waals surface area contributed by atoms with Crippen LogP contribution in [0.3, 0.4) is 0 Å². The van der Waals surface area contributed by atoms with Gasteiger partial charge in [-0.15, -0.1) is 0 Å². The van der Waals surface area contributed by atoms with Crippen LogP contribution in [0.2, 0.25) is 5.02 Å². The molecular weight excluding hydrogens is 380 g/mol. The Morgan fingerprint density at radius 1 is 1.25 bits per heavy atom. The Kier molecular flexibility index (Phi) is 5.68. The molecular formula is C20H27ClN4O3. The Labute approximate surface area is 170 Å². The number of hydrogen-bond donors (Lipinski definition) is 1. The average Bonchev–Trinajstić information content (AvgIpc) is 2.62. The average molecular weight is 407 g/mol. The van der Waals surface area contributed by atoms with Gasteiger partial charge in [0.1, 0.15) is 17.7 Å². The van der Waals surface area contributed by atoms with Gasteiger partial charge in [-0.1, -0.05) is 17.7 Å². The second kappa shape index (κ2) is 7.72. The molecule has 28 heavy (non-hydrogen) atoms. The fourth-order valence-electron chi connectivity index (χ4n) is 3.54. The highest BCUT2D eigenvalue weighted by Gasteiger charge is 2.35. The lowest BCUT2D eigenvalue weighted by molar-refractivity contribution is 0.0130. The molecule has 1 aromatic heterocycles. The lowest BCUT2D eigenvalue weighted by Gasteiger charge is -2.45. The van der Waals surface area contributed by atoms with Crippen LogP contribution in [0.5, 0.6) is 0 Å². The number of hydrogen-bond acceptors (Lipinski definition) is 6. The van der Waals surface area contributed by atoms with E-state index < -0.39 is 5.60 Å². The van der Waals surface area contributed by atoms with Crippen LogP contribution in [0, 0.1) is 0 Å². The zero-order valence-corrected chi connectivity index (χ0v) is 17.7. The van der Waals surface area contributed by atoms with E-state index in [0.717, 1.165) is 16.8 Å². The van der Waals surface area contributed by atoms with Crippen molar-refractivity contribution in [1.82, 2.24) is 14.9 Å². The van der Waals surface area contributed by atoms with Gasteiger partial charge in [0.15, 0.2) is 0 Å². The van der Waals surface area contributed by atoms with Crippen molar-refractivity contribution in [1.29, 1.82) is 0 Å². The summed E-state index contributed by atoms with van der Waals surface area (Å²) >= 11 is 6.33. The van der Waals surface area contributed by atoms with E-state index in [9.17, 15) is 9.90 Å². The van der Waals surface area contributed by atoms with E-state index in [1.54, 1.807) is 17.0 Å². The van der Waals surface area contributed by atoms with Crippen LogP contribution >= 0.6 is 11.6 Å². The zero-order chi connectivity index (χ0) is 20.6. The summed E-state index contributed by atoms with van der Waals surface area (Å²) in [4.78, 5) is 25.3. The molecule has 0 bridgehead atoms. The topological polar surface area (TPSA) is 78.8 Å². The maximum absolute atomic E-state index is 12.6. The summed E-state index contributed by atoms with van der Waals surface area (Å²) in [5, 5.41) is 11.1. The first-order chi connectivity index (χ1) is 13.1. The van der Waals surface area contributed by atoms with Crippen LogP contribution in [-0.4, -0.2) is 56.8 Å². The quantitative estimate of drug-likeness (QED) is 0.820. The summed E-state index contributed by atoms with van der Waals surface area (Å²) in [7, 11) is 0. The molecule has 2 aromatic rings. The van der Waals surface area contributed by atoms with E-state index in [1.165, 1.54) is 6.33 Å². The van der Waals surface area contributed by atoms with Crippen molar-refractivity contribution in [3.63, 3.8) is 0 Å². The number of carbonyl (C=O) groups is 1. The molecule has 1 amide bonds. The van der Waals surface area contributed by atoms with Crippen molar-refractivity contribution in [3.8, 4) is 0 Å². The van der Waals surface area contributed by atoms with E-state index in [4.69, 9.17) is 16.3 Å². The monoisotopic (exact) mass is 406 g/mol. The molecule has 0 spiro atoms. The summed E-state index contributed by atoms with van der Waals surface area (Å²) < 4.78 is 5.55. The van der Waals surface area contributed by atoms with Crippen LogP contribution < -0.4 is 4.90 Å². The largest absolute Gasteiger partial charge is 0.444 e. The van der Waals surface area contributed by atoms with Gasteiger partial charge in [-0.25, -0.2) is 14.8 Å². The predicted molar refractivity (Wildman–Crippen MR) is 110 cm³/mol. The number of aliphatic hydroxyl groups excluding tert-OH is 1. The summed E-state index contributed by atoms with van der Waals surface area (Å²) in [5.74, 6) is 0.722. The van der Waals surface area contributed by atoms with Crippen molar-refractivity contribution >= 4 is 34.4 Å². The minimum Gasteiger partial charge on any atom is -0.444 e. The number of fused-ring (bicyclic) bond motifs is 1. The van der Waals surface area contributed by atoms with Gasteiger partial charge in [-0.3, -0.25) is 0 Å². The highest BCUT2D eigenvalue weighted by atomic mass is 35.5. The number of aliphatic hydroxyl groups is 1. The fourth-order valence-corrected chi connectivity index (χ4v) is 3.74. The molecule has 1 saturated heterocycles. The first-order valence-corrected chi connectivity index (χ1v) is 9.79. The first kappa shape index (κ1) is 20.6. The molecule has 0 radical (unpaired) electrons. The smallest absolute Gasteiger partial charge is 0.410 e. The Morgan fingerprint density at radius 2 is 1.96 bits per heavy atom. The number of amides is 1. The minimum atomic E-state index is -0.535.